The third-order valence-electron chi connectivity index (χ3n) is 8.42. The van der Waals surface area contributed by atoms with E-state index in [0.717, 1.165) is 27.6 Å². The Bertz CT molecular complexity index is 2170. The van der Waals surface area contributed by atoms with Crippen molar-refractivity contribution in [1.29, 1.82) is 0 Å². The number of ether oxygens (including phenoxy) is 2. The number of carbonyl (C=O) groups excluding carboxylic acids is 1. The monoisotopic (exact) mass is 621 g/mol. The van der Waals surface area contributed by atoms with Crippen LogP contribution >= 0.6 is 0 Å². The molecule has 0 saturated heterocycles. The van der Waals surface area contributed by atoms with Crippen LogP contribution in [0.4, 0.5) is 0 Å². The molecule has 3 heterocycles. The summed E-state index contributed by atoms with van der Waals surface area (Å²) in [6.07, 6.45) is 3.71. The first kappa shape index (κ1) is 28.7. The van der Waals surface area contributed by atoms with Crippen molar-refractivity contribution in [2.45, 2.75) is 36.9 Å². The summed E-state index contributed by atoms with van der Waals surface area (Å²) >= 11 is 0. The normalized spacial score (nSPS) is 16.5. The number of carbonyl (C=O) groups is 1. The molecule has 0 fully saturated rings. The lowest BCUT2D eigenvalue weighted by Crippen LogP contribution is -2.40. The number of hydrogen-bond acceptors (Lipinski definition) is 7. The van der Waals surface area contributed by atoms with Gasteiger partial charge in [0.1, 0.15) is 24.1 Å². The molecule has 0 spiro atoms. The number of esters is 1. The van der Waals surface area contributed by atoms with E-state index in [1.165, 1.54) is 11.1 Å². The van der Waals surface area contributed by atoms with Gasteiger partial charge in [-0.2, -0.15) is 0 Å². The van der Waals surface area contributed by atoms with E-state index >= 15 is 0 Å². The Morgan fingerprint density at radius 3 is 2.56 bits per heavy atom. The highest BCUT2D eigenvalue weighted by Gasteiger charge is 2.35. The average Bonchev–Trinajstić information content (AvgIpc) is 3.59. The number of H-pyrrole nitrogens is 1. The molecule has 0 unspecified atom stereocenters. The SMILES string of the molecule is COC(=O)[C@@H]1Cc2c[nH]c3ccc(O)c(c23)[C@H](c2cn(S(=O)(=O)c3ccc(C)cc3)c3ccc(OCc4ccccc4)cc23)N1. The molecule has 1 aliphatic rings. The number of aromatic nitrogens is 2. The first-order valence-electron chi connectivity index (χ1n) is 14.5. The van der Waals surface area contributed by atoms with Crippen molar-refractivity contribution < 1.29 is 27.8 Å². The van der Waals surface area contributed by atoms with Crippen LogP contribution in [0.15, 0.2) is 102 Å². The number of aromatic hydroxyl groups is 1. The van der Waals surface area contributed by atoms with Gasteiger partial charge in [0.05, 0.1) is 23.6 Å². The van der Waals surface area contributed by atoms with E-state index in [4.69, 9.17) is 9.47 Å². The fourth-order valence-corrected chi connectivity index (χ4v) is 7.53. The second-order valence-corrected chi connectivity index (χ2v) is 13.1. The summed E-state index contributed by atoms with van der Waals surface area (Å²) in [7, 11) is -2.70. The van der Waals surface area contributed by atoms with Gasteiger partial charge in [0.25, 0.3) is 10.0 Å². The summed E-state index contributed by atoms with van der Waals surface area (Å²) in [4.78, 5) is 16.4. The maximum atomic E-state index is 14.1. The van der Waals surface area contributed by atoms with Gasteiger partial charge in [0, 0.05) is 46.2 Å². The predicted molar refractivity (Wildman–Crippen MR) is 171 cm³/mol. The summed E-state index contributed by atoms with van der Waals surface area (Å²) < 4.78 is 40.8. The highest BCUT2D eigenvalue weighted by atomic mass is 32.2. The Labute approximate surface area is 260 Å². The van der Waals surface area contributed by atoms with Crippen molar-refractivity contribution in [2.24, 2.45) is 0 Å². The van der Waals surface area contributed by atoms with Gasteiger partial charge in [-0.1, -0.05) is 48.0 Å². The molecule has 2 aromatic heterocycles. The largest absolute Gasteiger partial charge is 0.508 e. The summed E-state index contributed by atoms with van der Waals surface area (Å²) in [5, 5.41) is 16.1. The van der Waals surface area contributed by atoms with E-state index in [0.29, 0.717) is 40.8 Å². The fourth-order valence-electron chi connectivity index (χ4n) is 6.15. The average molecular weight is 622 g/mol. The van der Waals surface area contributed by atoms with Crippen molar-refractivity contribution in [3.8, 4) is 11.5 Å². The lowest BCUT2D eigenvalue weighted by molar-refractivity contribution is -0.143. The minimum atomic E-state index is -4.04. The van der Waals surface area contributed by atoms with Crippen molar-refractivity contribution in [3.63, 3.8) is 0 Å². The third-order valence-corrected chi connectivity index (χ3v) is 10.1. The second-order valence-electron chi connectivity index (χ2n) is 11.3. The maximum Gasteiger partial charge on any atom is 0.323 e. The molecule has 0 bridgehead atoms. The zero-order valence-electron chi connectivity index (χ0n) is 24.7. The van der Waals surface area contributed by atoms with Crippen LogP contribution in [0.3, 0.4) is 0 Å². The van der Waals surface area contributed by atoms with Gasteiger partial charge in [-0.05, 0) is 60.5 Å². The smallest absolute Gasteiger partial charge is 0.323 e. The minimum Gasteiger partial charge on any atom is -0.508 e. The van der Waals surface area contributed by atoms with E-state index < -0.39 is 28.1 Å². The Kier molecular flexibility index (Phi) is 7.10. The van der Waals surface area contributed by atoms with Crippen LogP contribution in [0, 0.1) is 6.92 Å². The highest BCUT2D eigenvalue weighted by molar-refractivity contribution is 7.90. The topological polar surface area (TPSA) is 123 Å². The zero-order chi connectivity index (χ0) is 31.3. The fraction of sp³-hybridized carbons (Fsp3) is 0.171. The number of phenols is 1. The Morgan fingerprint density at radius 1 is 1.02 bits per heavy atom. The van der Waals surface area contributed by atoms with Crippen LogP contribution in [0.1, 0.15) is 33.9 Å². The molecule has 45 heavy (non-hydrogen) atoms. The minimum absolute atomic E-state index is 0.0186. The lowest BCUT2D eigenvalue weighted by atomic mass is 9.94. The summed E-state index contributed by atoms with van der Waals surface area (Å²) in [6.45, 7) is 2.22. The van der Waals surface area contributed by atoms with Crippen LogP contribution in [-0.2, 0) is 32.6 Å². The predicted octanol–water partition coefficient (Wildman–Crippen LogP) is 5.73. The number of fused-ring (bicyclic) bond motifs is 1. The number of rotatable bonds is 7. The van der Waals surface area contributed by atoms with Gasteiger partial charge in [-0.3, -0.25) is 10.1 Å². The van der Waals surface area contributed by atoms with Gasteiger partial charge in [0.2, 0.25) is 0 Å². The van der Waals surface area contributed by atoms with Crippen LogP contribution in [-0.4, -0.2) is 41.6 Å². The van der Waals surface area contributed by atoms with E-state index in [2.05, 4.69) is 10.3 Å². The molecule has 0 amide bonds. The van der Waals surface area contributed by atoms with Gasteiger partial charge < -0.3 is 19.6 Å². The van der Waals surface area contributed by atoms with E-state index in [-0.39, 0.29) is 10.6 Å². The van der Waals surface area contributed by atoms with Gasteiger partial charge in [-0.25, -0.2) is 12.4 Å². The number of benzene rings is 4. The first-order chi connectivity index (χ1) is 21.7. The third kappa shape index (κ3) is 5.01. The molecule has 7 rings (SSSR count). The second kappa shape index (κ2) is 11.1. The Morgan fingerprint density at radius 2 is 1.80 bits per heavy atom. The number of nitrogens with zero attached hydrogens (tertiary/aromatic N) is 1. The molecule has 0 aliphatic carbocycles. The zero-order valence-corrected chi connectivity index (χ0v) is 25.5. The molecule has 0 radical (unpaired) electrons. The van der Waals surface area contributed by atoms with Gasteiger partial charge in [0.15, 0.2) is 0 Å². The van der Waals surface area contributed by atoms with Crippen molar-refractivity contribution in [2.75, 3.05) is 7.11 Å². The van der Waals surface area contributed by atoms with Gasteiger partial charge >= 0.3 is 5.97 Å². The van der Waals surface area contributed by atoms with Crippen molar-refractivity contribution >= 4 is 37.8 Å². The molecule has 228 valence electrons. The number of phenolic OH excluding ortho intramolecular Hbond substituents is 1. The number of aromatic amines is 1. The van der Waals surface area contributed by atoms with E-state index in [1.54, 1.807) is 54.7 Å². The number of hydrogen-bond donors (Lipinski definition) is 3. The molecule has 3 N–H and O–H groups in total. The molecule has 10 heteroatoms. The molecule has 0 saturated carbocycles. The van der Waals surface area contributed by atoms with E-state index in [9.17, 15) is 18.3 Å². The molecular weight excluding hydrogens is 590 g/mol. The molecule has 9 nitrogen and oxygen atoms in total. The Balaban J connectivity index is 1.45. The van der Waals surface area contributed by atoms with E-state index in [1.807, 2.05) is 49.5 Å². The number of aryl methyl sites for hydroxylation is 1. The van der Waals surface area contributed by atoms with Crippen LogP contribution in [0.25, 0.3) is 21.8 Å². The standard InChI is InChI=1S/C35H31N3O6S/c1-21-8-11-25(12-9-21)45(41,42)38-19-27(26-17-24(10-14-30(26)38)44-20-22-6-4-3-5-7-22)34-33-31(39)15-13-28-32(33)23(18-36-28)16-29(37-34)35(40)43-2/h3-15,17-19,29,34,36-37,39H,16,20H2,1-2H3/t29-,34-/m0/s1. The van der Waals surface area contributed by atoms with Crippen LogP contribution in [0.5, 0.6) is 11.5 Å². The summed E-state index contributed by atoms with van der Waals surface area (Å²) in [5.74, 6) is 0.0932. The molecule has 6 aromatic rings. The molecular formula is C35H31N3O6S. The molecule has 2 atom stereocenters. The maximum absolute atomic E-state index is 14.1. The Hall–Kier alpha value is -5.06. The summed E-state index contributed by atoms with van der Waals surface area (Å²) in [6, 6.07) is 23.6. The van der Waals surface area contributed by atoms with Crippen LogP contribution < -0.4 is 10.1 Å². The van der Waals surface area contributed by atoms with Crippen LogP contribution in [0.2, 0.25) is 0 Å². The lowest BCUT2D eigenvalue weighted by Gasteiger charge is -2.23. The highest BCUT2D eigenvalue weighted by Crippen LogP contribution is 2.43. The van der Waals surface area contributed by atoms with Crippen molar-refractivity contribution in [1.82, 2.24) is 14.3 Å². The molecule has 4 aromatic carbocycles. The van der Waals surface area contributed by atoms with Gasteiger partial charge in [-0.15, -0.1) is 0 Å². The first-order valence-corrected chi connectivity index (χ1v) is 16.0. The number of methoxy groups -OCH3 is 1. The molecule has 1 aliphatic heterocycles. The van der Waals surface area contributed by atoms with Crippen molar-refractivity contribution in [3.05, 3.63) is 125 Å². The number of nitrogens with one attached hydrogen (secondary N) is 2. The quantitative estimate of drug-likeness (QED) is 0.195. The summed E-state index contributed by atoms with van der Waals surface area (Å²) in [5.41, 5.74) is 5.07.